The van der Waals surface area contributed by atoms with Gasteiger partial charge in [-0.15, -0.1) is 0 Å². The molecule has 2 rings (SSSR count). The van der Waals surface area contributed by atoms with E-state index in [2.05, 4.69) is 34.9 Å². The molecule has 0 saturated heterocycles. The van der Waals surface area contributed by atoms with Gasteiger partial charge in [0.1, 0.15) is 6.54 Å². The van der Waals surface area contributed by atoms with Gasteiger partial charge in [0, 0.05) is 0 Å². The maximum atomic E-state index is 12.0. The zero-order chi connectivity index (χ0) is 18.2. The van der Waals surface area contributed by atoms with Gasteiger partial charge in [0.25, 0.3) is 0 Å². The second-order valence-corrected chi connectivity index (χ2v) is 9.50. The van der Waals surface area contributed by atoms with Crippen LogP contribution in [0.15, 0.2) is 0 Å². The van der Waals surface area contributed by atoms with E-state index in [4.69, 9.17) is 9.47 Å². The third-order valence-electron chi connectivity index (χ3n) is 7.19. The van der Waals surface area contributed by atoms with Gasteiger partial charge >= 0.3 is 5.97 Å². The summed E-state index contributed by atoms with van der Waals surface area (Å²) in [6.07, 6.45) is 5.08. The Morgan fingerprint density at radius 1 is 1.28 bits per heavy atom. The van der Waals surface area contributed by atoms with Gasteiger partial charge in [-0.1, -0.05) is 27.7 Å². The fourth-order valence-corrected chi connectivity index (χ4v) is 4.60. The zero-order valence-corrected chi connectivity index (χ0v) is 18.8. The van der Waals surface area contributed by atoms with Crippen molar-refractivity contribution in [2.45, 2.75) is 72.5 Å². The lowest BCUT2D eigenvalue weighted by atomic mass is 9.70. The molecule has 2 bridgehead atoms. The first-order valence-electron chi connectivity index (χ1n) is 9.65. The van der Waals surface area contributed by atoms with Gasteiger partial charge in [-0.2, -0.15) is 0 Å². The highest BCUT2D eigenvalue weighted by Crippen LogP contribution is 2.66. The highest BCUT2D eigenvalue weighted by Gasteiger charge is 2.61. The second kappa shape index (κ2) is 8.26. The Bertz CT molecular complexity index is 466. The first-order chi connectivity index (χ1) is 11.0. The van der Waals surface area contributed by atoms with Crippen LogP contribution in [0.25, 0.3) is 0 Å². The summed E-state index contributed by atoms with van der Waals surface area (Å²) < 4.78 is 12.3. The lowest BCUT2D eigenvalue weighted by Crippen LogP contribution is -3.00. The number of carbonyl (C=O) groups is 1. The van der Waals surface area contributed by atoms with Crippen molar-refractivity contribution in [3.63, 3.8) is 0 Å². The molecular weight excluding hydrogens is 382 g/mol. The molecule has 4 atom stereocenters. The fraction of sp³-hybridized carbons (Fsp3) is 0.950. The van der Waals surface area contributed by atoms with Gasteiger partial charge in [0.05, 0.1) is 32.9 Å². The van der Waals surface area contributed by atoms with Crippen LogP contribution in [0, 0.1) is 16.7 Å². The standard InChI is InChI=1S/C20H38NO3.BrH/c1-8-15(2)24-18(22)14-21(6,7)11-12-23-17-13-16-9-10-20(17,5)19(16,3)4;/h15-17H,8-14H2,1-7H3;1H/q+1;/p-1. The number of esters is 1. The van der Waals surface area contributed by atoms with Crippen LogP contribution in [0.3, 0.4) is 0 Å². The van der Waals surface area contributed by atoms with E-state index < -0.39 is 0 Å². The summed E-state index contributed by atoms with van der Waals surface area (Å²) in [5, 5.41) is 0. The first-order valence-corrected chi connectivity index (χ1v) is 9.65. The van der Waals surface area contributed by atoms with Crippen molar-refractivity contribution in [3.05, 3.63) is 0 Å². The van der Waals surface area contributed by atoms with E-state index in [1.807, 2.05) is 13.8 Å². The summed E-state index contributed by atoms with van der Waals surface area (Å²) in [5.74, 6) is 0.697. The molecule has 2 fully saturated rings. The maximum Gasteiger partial charge on any atom is 0.362 e. The molecule has 2 aliphatic carbocycles. The minimum Gasteiger partial charge on any atom is -1.00 e. The lowest BCUT2D eigenvalue weighted by Gasteiger charge is -2.39. The summed E-state index contributed by atoms with van der Waals surface area (Å²) in [7, 11) is 4.15. The highest BCUT2D eigenvalue weighted by molar-refractivity contribution is 5.70. The predicted molar refractivity (Wildman–Crippen MR) is 96.7 cm³/mol. The van der Waals surface area contributed by atoms with Crippen molar-refractivity contribution in [1.29, 1.82) is 0 Å². The molecule has 0 aromatic rings. The van der Waals surface area contributed by atoms with Gasteiger partial charge < -0.3 is 30.9 Å². The number of hydrogen-bond acceptors (Lipinski definition) is 3. The third-order valence-corrected chi connectivity index (χ3v) is 7.19. The van der Waals surface area contributed by atoms with E-state index in [1.54, 1.807) is 0 Å². The van der Waals surface area contributed by atoms with E-state index in [-0.39, 0.29) is 29.1 Å². The molecule has 0 amide bonds. The third kappa shape index (κ3) is 4.78. The average molecular weight is 420 g/mol. The Kier molecular flexibility index (Phi) is 7.57. The van der Waals surface area contributed by atoms with Crippen molar-refractivity contribution < 1.29 is 35.7 Å². The lowest BCUT2D eigenvalue weighted by molar-refractivity contribution is -0.883. The van der Waals surface area contributed by atoms with Gasteiger partial charge in [-0.25, -0.2) is 4.79 Å². The number of carbonyl (C=O) groups excluding carboxylic acids is 1. The Morgan fingerprint density at radius 2 is 1.92 bits per heavy atom. The Labute approximate surface area is 165 Å². The number of ether oxygens (including phenoxy) is 2. The van der Waals surface area contributed by atoms with E-state index in [9.17, 15) is 4.79 Å². The summed E-state index contributed by atoms with van der Waals surface area (Å²) in [4.78, 5) is 12.0. The molecule has 0 spiro atoms. The molecule has 0 radical (unpaired) electrons. The van der Waals surface area contributed by atoms with E-state index in [1.165, 1.54) is 19.3 Å². The molecule has 2 saturated carbocycles. The summed E-state index contributed by atoms with van der Waals surface area (Å²) in [6.45, 7) is 13.2. The minimum absolute atomic E-state index is 0. The van der Waals surface area contributed by atoms with Gasteiger partial charge in [-0.05, 0) is 49.4 Å². The molecule has 4 unspecified atom stereocenters. The minimum atomic E-state index is -0.109. The number of hydrogen-bond donors (Lipinski definition) is 0. The van der Waals surface area contributed by atoms with Crippen molar-refractivity contribution >= 4 is 5.97 Å². The predicted octanol–water partition coefficient (Wildman–Crippen LogP) is 0.640. The maximum absolute atomic E-state index is 12.0. The highest BCUT2D eigenvalue weighted by atomic mass is 79.9. The van der Waals surface area contributed by atoms with Gasteiger partial charge in [-0.3, -0.25) is 0 Å². The molecule has 2 aliphatic rings. The number of fused-ring (bicyclic) bond motifs is 2. The summed E-state index contributed by atoms with van der Waals surface area (Å²) in [5.41, 5.74) is 0.701. The molecule has 0 N–H and O–H groups in total. The van der Waals surface area contributed by atoms with E-state index in [0.717, 1.165) is 18.9 Å². The molecule has 0 aliphatic heterocycles. The van der Waals surface area contributed by atoms with Crippen LogP contribution in [0.2, 0.25) is 0 Å². The monoisotopic (exact) mass is 419 g/mol. The Hall–Kier alpha value is -0.130. The van der Waals surface area contributed by atoms with Crippen molar-refractivity contribution in [3.8, 4) is 0 Å². The summed E-state index contributed by atoms with van der Waals surface area (Å²) in [6, 6.07) is 0. The number of halogens is 1. The number of likely N-dealkylation sites (N-methyl/N-ethyl adjacent to an activating group) is 1. The second-order valence-electron chi connectivity index (χ2n) is 9.50. The molecular formula is C20H38BrNO3. The Balaban J connectivity index is 0.00000312. The van der Waals surface area contributed by atoms with Crippen LogP contribution < -0.4 is 17.0 Å². The van der Waals surface area contributed by atoms with Gasteiger partial charge in [0.15, 0.2) is 6.54 Å². The molecule has 148 valence electrons. The molecule has 4 nitrogen and oxygen atoms in total. The topological polar surface area (TPSA) is 35.5 Å². The van der Waals surface area contributed by atoms with E-state index >= 15 is 0 Å². The summed E-state index contributed by atoms with van der Waals surface area (Å²) >= 11 is 0. The fourth-order valence-electron chi connectivity index (χ4n) is 4.60. The van der Waals surface area contributed by atoms with Crippen LogP contribution in [0.1, 0.15) is 60.3 Å². The van der Waals surface area contributed by atoms with Gasteiger partial charge in [0.2, 0.25) is 0 Å². The van der Waals surface area contributed by atoms with Crippen LogP contribution in [-0.2, 0) is 14.3 Å². The van der Waals surface area contributed by atoms with Crippen LogP contribution >= 0.6 is 0 Å². The molecule has 0 aromatic heterocycles. The average Bonchev–Trinajstić information content (AvgIpc) is 2.79. The number of rotatable bonds is 8. The molecule has 25 heavy (non-hydrogen) atoms. The van der Waals surface area contributed by atoms with E-state index in [0.29, 0.717) is 34.6 Å². The number of nitrogens with zero attached hydrogens (tertiary/aromatic N) is 1. The zero-order valence-electron chi connectivity index (χ0n) is 17.2. The van der Waals surface area contributed by atoms with Crippen LogP contribution in [0.4, 0.5) is 0 Å². The molecule has 5 heteroatoms. The smallest absolute Gasteiger partial charge is 0.362 e. The van der Waals surface area contributed by atoms with Crippen molar-refractivity contribution in [2.75, 3.05) is 33.8 Å². The number of quaternary nitrogens is 1. The largest absolute Gasteiger partial charge is 1.00 e. The normalized spacial score (nSPS) is 31.5. The van der Waals surface area contributed by atoms with Crippen molar-refractivity contribution in [1.82, 2.24) is 0 Å². The molecule has 0 aromatic carbocycles. The molecule has 0 heterocycles. The van der Waals surface area contributed by atoms with Crippen LogP contribution in [0.5, 0.6) is 0 Å². The SMILES string of the molecule is CCC(C)OC(=O)C[N+](C)(C)CCOC1CC2CCC1(C)C2(C)C.[Br-]. The van der Waals surface area contributed by atoms with Crippen molar-refractivity contribution in [2.24, 2.45) is 16.7 Å². The van der Waals surface area contributed by atoms with Crippen LogP contribution in [-0.4, -0.2) is 56.5 Å². The Morgan fingerprint density at radius 3 is 2.40 bits per heavy atom. The first kappa shape index (κ1) is 22.9. The quantitative estimate of drug-likeness (QED) is 0.427.